The van der Waals surface area contributed by atoms with E-state index in [1.807, 2.05) is 57.6 Å². The Morgan fingerprint density at radius 1 is 1.06 bits per heavy atom. The van der Waals surface area contributed by atoms with Crippen molar-refractivity contribution in [2.24, 2.45) is 12.5 Å². The van der Waals surface area contributed by atoms with Crippen LogP contribution in [-0.2, 0) is 32.3 Å². The van der Waals surface area contributed by atoms with Gasteiger partial charge in [0.2, 0.25) is 11.8 Å². The van der Waals surface area contributed by atoms with Crippen LogP contribution in [-0.4, -0.2) is 91.3 Å². The highest BCUT2D eigenvalue weighted by atomic mass is 32.1. The molecule has 5 aromatic rings. The highest BCUT2D eigenvalue weighted by Crippen LogP contribution is 2.44. The van der Waals surface area contributed by atoms with Crippen LogP contribution < -0.4 is 19.9 Å². The number of benzene rings is 2. The molecule has 2 fully saturated rings. The molecule has 2 aliphatic heterocycles. The highest BCUT2D eigenvalue weighted by Gasteiger charge is 2.51. The van der Waals surface area contributed by atoms with Gasteiger partial charge in [0.15, 0.2) is 5.82 Å². The van der Waals surface area contributed by atoms with Crippen LogP contribution >= 0.6 is 11.3 Å². The zero-order chi connectivity index (χ0) is 50.2. The summed E-state index contributed by atoms with van der Waals surface area (Å²) in [6.07, 6.45) is -1.00. The molecule has 0 radical (unpaired) electrons. The summed E-state index contributed by atoms with van der Waals surface area (Å²) >= 11 is 1.48. The number of β-amino-alcohol motifs (C(OH)–C–C–N with tert-alkyl or cyclic N) is 1. The molecule has 15 nitrogen and oxygen atoms in total. The van der Waals surface area contributed by atoms with Gasteiger partial charge in [-0.15, -0.1) is 11.3 Å². The van der Waals surface area contributed by atoms with Gasteiger partial charge in [-0.1, -0.05) is 27.4 Å². The molecule has 69 heavy (non-hydrogen) atoms. The number of amides is 3. The SMILES string of the molecule is C=C1N(c2ccc(C#N)c(C(F)(F)F)c2F)C(=O)C(C)(C)N1c1ccc(-c2ccc(OCCCCOCC(=O)N[C@H](C(=O)N3C[C@H](O)C[C@H]3c3nc(-c4scnc4C)cn3C)C(C)(C)C)cc2)nc1. The largest absolute Gasteiger partial charge is 0.494 e. The van der Waals surface area contributed by atoms with Crippen molar-refractivity contribution in [2.75, 3.05) is 36.2 Å². The fourth-order valence-electron chi connectivity index (χ4n) is 8.58. The lowest BCUT2D eigenvalue weighted by atomic mass is 9.85. The standard InChI is InChI=1S/C49H53F4N9O6S/c1-28-42(69-27-56-28)36-25-59(8)44(57-36)38-21-33(63)24-60(38)45(65)43(47(3,4)5)58-39(64)26-67-19-9-10-20-68-34-15-11-30(12-16-34)35-17-14-32(23-55-35)62-29(2)61(46(66)48(62,6)7)37-18-13-31(22-54)40(41(37)50)49(51,52)53/h11-18,23,25,27,33,38,43,63H,2,9-10,19-21,24,26H2,1,3-8H3,(H,58,64)/t33-,38+,43-/m1/s1. The Morgan fingerprint density at radius 3 is 2.39 bits per heavy atom. The van der Waals surface area contributed by atoms with Crippen LogP contribution in [0.2, 0.25) is 0 Å². The Morgan fingerprint density at radius 2 is 1.77 bits per heavy atom. The van der Waals surface area contributed by atoms with Crippen molar-refractivity contribution in [1.29, 1.82) is 5.26 Å². The van der Waals surface area contributed by atoms with Crippen molar-refractivity contribution in [1.82, 2.24) is 29.7 Å². The van der Waals surface area contributed by atoms with Crippen molar-refractivity contribution in [2.45, 2.75) is 90.7 Å². The molecule has 20 heteroatoms. The Balaban J connectivity index is 0.875. The molecule has 0 bridgehead atoms. The van der Waals surface area contributed by atoms with Crippen LogP contribution in [0.3, 0.4) is 0 Å². The Labute approximate surface area is 401 Å². The maximum Gasteiger partial charge on any atom is 0.420 e. The van der Waals surface area contributed by atoms with Gasteiger partial charge in [0.1, 0.15) is 46.8 Å². The minimum absolute atomic E-state index is 0.0959. The van der Waals surface area contributed by atoms with E-state index in [9.17, 15) is 37.9 Å². The van der Waals surface area contributed by atoms with Crippen molar-refractivity contribution in [3.05, 3.63) is 107 Å². The Hall–Kier alpha value is -6.69. The van der Waals surface area contributed by atoms with Crippen LogP contribution in [0.5, 0.6) is 5.75 Å². The molecule has 0 saturated carbocycles. The normalized spacial score (nSPS) is 17.6. The van der Waals surface area contributed by atoms with E-state index in [0.717, 1.165) is 38.9 Å². The number of pyridine rings is 1. The number of unbranched alkanes of at least 4 members (excludes halogenated alkanes) is 1. The van der Waals surface area contributed by atoms with Crippen LogP contribution in [0.1, 0.15) is 82.6 Å². The number of aromatic nitrogens is 4. The van der Waals surface area contributed by atoms with E-state index in [4.69, 9.17) is 14.5 Å². The fraction of sp³-hybridized carbons (Fsp3) is 0.408. The number of hydrogen-bond donors (Lipinski definition) is 2. The molecule has 0 unspecified atom stereocenters. The van der Waals surface area contributed by atoms with Crippen molar-refractivity contribution in [3.63, 3.8) is 0 Å². The molecule has 3 aromatic heterocycles. The molecule has 3 atom stereocenters. The number of likely N-dealkylation sites (tertiary alicyclic amines) is 1. The molecular formula is C49H53F4N9O6S. The van der Waals surface area contributed by atoms with E-state index in [1.165, 1.54) is 42.4 Å². The number of nitriles is 1. The number of nitrogens with one attached hydrogen (secondary N) is 1. The number of rotatable bonds is 15. The second kappa shape index (κ2) is 19.7. The number of carbonyl (C=O) groups is 3. The van der Waals surface area contributed by atoms with E-state index in [2.05, 4.69) is 21.9 Å². The van der Waals surface area contributed by atoms with E-state index >= 15 is 4.39 Å². The average Bonchev–Trinajstić information content (AvgIpc) is 4.04. The van der Waals surface area contributed by atoms with Crippen molar-refractivity contribution < 1.29 is 46.5 Å². The first kappa shape index (κ1) is 50.2. The maximum atomic E-state index is 15.4. The predicted octanol–water partition coefficient (Wildman–Crippen LogP) is 8.09. The molecule has 2 aliphatic rings. The summed E-state index contributed by atoms with van der Waals surface area (Å²) in [5.41, 5.74) is -0.319. The third kappa shape index (κ3) is 10.4. The number of imidazole rings is 1. The summed E-state index contributed by atoms with van der Waals surface area (Å²) in [4.78, 5) is 59.4. The number of ether oxygens (including phenoxy) is 2. The second-order valence-electron chi connectivity index (χ2n) is 18.5. The first-order valence-corrected chi connectivity index (χ1v) is 23.0. The number of hydrogen-bond acceptors (Lipinski definition) is 12. The maximum absolute atomic E-state index is 15.4. The van der Waals surface area contributed by atoms with Gasteiger partial charge in [-0.05, 0) is 87.6 Å². The summed E-state index contributed by atoms with van der Waals surface area (Å²) in [5.74, 6) is -2.08. The summed E-state index contributed by atoms with van der Waals surface area (Å²) in [5, 5.41) is 22.8. The first-order chi connectivity index (χ1) is 32.5. The van der Waals surface area contributed by atoms with Crippen molar-refractivity contribution in [3.8, 4) is 33.6 Å². The van der Waals surface area contributed by atoms with Crippen molar-refractivity contribution >= 4 is 40.4 Å². The number of alkyl halides is 3. The zero-order valence-electron chi connectivity index (χ0n) is 39.2. The summed E-state index contributed by atoms with van der Waals surface area (Å²) in [6.45, 7) is 15.0. The smallest absolute Gasteiger partial charge is 0.420 e. The topological polar surface area (TPSA) is 179 Å². The molecule has 2 N–H and O–H groups in total. The number of thiazole rings is 1. The first-order valence-electron chi connectivity index (χ1n) is 22.1. The van der Waals surface area contributed by atoms with Crippen LogP contribution in [0.4, 0.5) is 28.9 Å². The molecule has 5 heterocycles. The number of anilines is 2. The Kier molecular flexibility index (Phi) is 14.4. The summed E-state index contributed by atoms with van der Waals surface area (Å²) in [7, 11) is 1.86. The molecule has 3 amide bonds. The summed E-state index contributed by atoms with van der Waals surface area (Å²) < 4.78 is 70.2. The summed E-state index contributed by atoms with van der Waals surface area (Å²) in [6, 6.07) is 12.3. The number of nitrogens with zero attached hydrogens (tertiary/aromatic N) is 8. The van der Waals surface area contributed by atoms with Crippen LogP contribution in [0, 0.1) is 29.5 Å². The van der Waals surface area contributed by atoms with E-state index < -0.39 is 69.8 Å². The molecular weight excluding hydrogens is 919 g/mol. The van der Waals surface area contributed by atoms with Crippen LogP contribution in [0.15, 0.2) is 78.8 Å². The van der Waals surface area contributed by atoms with E-state index in [-0.39, 0.29) is 31.5 Å². The monoisotopic (exact) mass is 971 g/mol. The quantitative estimate of drug-likeness (QED) is 0.0765. The van der Waals surface area contributed by atoms with Gasteiger partial charge < -0.3 is 34.3 Å². The minimum Gasteiger partial charge on any atom is -0.494 e. The van der Waals surface area contributed by atoms with Gasteiger partial charge in [-0.25, -0.2) is 14.4 Å². The van der Waals surface area contributed by atoms with Gasteiger partial charge in [0.05, 0.1) is 69.7 Å². The number of carbonyl (C=O) groups excluding carboxylic acids is 3. The highest BCUT2D eigenvalue weighted by molar-refractivity contribution is 7.13. The third-order valence-electron chi connectivity index (χ3n) is 12.1. The van der Waals surface area contributed by atoms with Gasteiger partial charge in [-0.3, -0.25) is 24.3 Å². The minimum atomic E-state index is -5.18. The molecule has 0 aliphatic carbocycles. The molecule has 2 saturated heterocycles. The number of aryl methyl sites for hydroxylation is 2. The van der Waals surface area contributed by atoms with Gasteiger partial charge in [0, 0.05) is 38.4 Å². The predicted molar refractivity (Wildman–Crippen MR) is 250 cm³/mol. The number of halogens is 4. The lowest BCUT2D eigenvalue weighted by Gasteiger charge is -2.35. The lowest BCUT2D eigenvalue weighted by Crippen LogP contribution is -2.55. The molecule has 2 aromatic carbocycles. The van der Waals surface area contributed by atoms with Gasteiger partial charge in [-0.2, -0.15) is 18.4 Å². The second-order valence-corrected chi connectivity index (χ2v) is 19.4. The fourth-order valence-corrected chi connectivity index (χ4v) is 9.33. The lowest BCUT2D eigenvalue weighted by molar-refractivity contribution is -0.141. The number of aliphatic hydroxyl groups is 1. The van der Waals surface area contributed by atoms with Crippen LogP contribution in [0.25, 0.3) is 21.8 Å². The molecule has 364 valence electrons. The third-order valence-corrected chi connectivity index (χ3v) is 13.0. The van der Waals surface area contributed by atoms with Gasteiger partial charge >= 0.3 is 6.18 Å². The van der Waals surface area contributed by atoms with E-state index in [1.54, 1.807) is 34.7 Å². The van der Waals surface area contributed by atoms with Gasteiger partial charge in [0.25, 0.3) is 5.91 Å². The zero-order valence-corrected chi connectivity index (χ0v) is 40.0. The molecule has 0 spiro atoms. The average molecular weight is 972 g/mol. The molecule has 7 rings (SSSR count). The van der Waals surface area contributed by atoms with E-state index in [0.29, 0.717) is 48.8 Å². The Bertz CT molecular complexity index is 2780. The number of aliphatic hydroxyl groups excluding tert-OH is 1.